The minimum absolute atomic E-state index is 0.0172. The standard InChI is InChI=1S/C23H21N3O7S/c1-15-12-13-19(20(14-15)26(29)30)24-22(27)21(16-8-4-3-5-9-16)33-23(28)17-10-6-7-11-18(17)25-34(2,31)32/h3-14,21,25H,1-2H3,(H,24,27). The van der Waals surface area contributed by atoms with Gasteiger partial charge < -0.3 is 10.1 Å². The number of para-hydroxylation sites is 1. The average molecular weight is 484 g/mol. The van der Waals surface area contributed by atoms with Gasteiger partial charge in [0.1, 0.15) is 5.69 Å². The quantitative estimate of drug-likeness (QED) is 0.281. The van der Waals surface area contributed by atoms with Crippen LogP contribution in [0.4, 0.5) is 17.1 Å². The summed E-state index contributed by atoms with van der Waals surface area (Å²) in [4.78, 5) is 36.9. The summed E-state index contributed by atoms with van der Waals surface area (Å²) < 4.78 is 31.0. The highest BCUT2D eigenvalue weighted by atomic mass is 32.2. The van der Waals surface area contributed by atoms with Crippen molar-refractivity contribution >= 4 is 39.0 Å². The molecule has 0 radical (unpaired) electrons. The summed E-state index contributed by atoms with van der Waals surface area (Å²) in [6.07, 6.45) is -0.537. The molecule has 0 saturated heterocycles. The normalized spacial score (nSPS) is 11.8. The van der Waals surface area contributed by atoms with Gasteiger partial charge >= 0.3 is 5.97 Å². The van der Waals surface area contributed by atoms with Crippen molar-refractivity contribution in [3.05, 3.63) is 99.6 Å². The largest absolute Gasteiger partial charge is 0.444 e. The van der Waals surface area contributed by atoms with E-state index in [2.05, 4.69) is 10.0 Å². The fraction of sp³-hybridized carbons (Fsp3) is 0.130. The molecule has 3 rings (SSSR count). The number of sulfonamides is 1. The number of benzene rings is 3. The van der Waals surface area contributed by atoms with Gasteiger partial charge in [0.15, 0.2) is 0 Å². The van der Waals surface area contributed by atoms with Gasteiger partial charge in [-0.2, -0.15) is 0 Å². The van der Waals surface area contributed by atoms with E-state index in [0.717, 1.165) is 6.26 Å². The fourth-order valence-electron chi connectivity index (χ4n) is 3.12. The van der Waals surface area contributed by atoms with Crippen molar-refractivity contribution in [3.8, 4) is 0 Å². The second kappa shape index (κ2) is 10.1. The van der Waals surface area contributed by atoms with E-state index in [1.165, 1.54) is 36.4 Å². The number of anilines is 2. The summed E-state index contributed by atoms with van der Waals surface area (Å²) in [5, 5.41) is 13.9. The second-order valence-electron chi connectivity index (χ2n) is 7.38. The Morgan fingerprint density at radius 2 is 1.62 bits per heavy atom. The number of nitro benzene ring substituents is 1. The molecule has 10 nitrogen and oxygen atoms in total. The van der Waals surface area contributed by atoms with Crippen molar-refractivity contribution in [2.75, 3.05) is 16.3 Å². The number of carbonyl (C=O) groups is 2. The van der Waals surface area contributed by atoms with Crippen molar-refractivity contribution in [2.45, 2.75) is 13.0 Å². The summed E-state index contributed by atoms with van der Waals surface area (Å²) in [6, 6.07) is 18.2. The van der Waals surface area contributed by atoms with Gasteiger partial charge in [0.2, 0.25) is 16.1 Å². The molecule has 1 unspecified atom stereocenters. The molecular formula is C23H21N3O7S. The molecule has 0 spiro atoms. The number of esters is 1. The van der Waals surface area contributed by atoms with Crippen molar-refractivity contribution in [1.29, 1.82) is 0 Å². The first kappa shape index (κ1) is 24.4. The number of carbonyl (C=O) groups excluding carboxylic acids is 2. The Kier molecular flexibility index (Phi) is 7.27. The number of rotatable bonds is 8. The number of aryl methyl sites for hydroxylation is 1. The van der Waals surface area contributed by atoms with Crippen LogP contribution in [0.5, 0.6) is 0 Å². The SMILES string of the molecule is Cc1ccc(NC(=O)C(OC(=O)c2ccccc2NS(C)(=O)=O)c2ccccc2)c([N+](=O)[O-])c1. The number of amides is 1. The number of nitro groups is 1. The molecule has 0 aliphatic rings. The van der Waals surface area contributed by atoms with Crippen molar-refractivity contribution in [1.82, 2.24) is 0 Å². The first-order valence-electron chi connectivity index (χ1n) is 9.94. The molecule has 0 bridgehead atoms. The molecule has 0 heterocycles. The second-order valence-corrected chi connectivity index (χ2v) is 9.13. The Morgan fingerprint density at radius 3 is 2.26 bits per heavy atom. The van der Waals surface area contributed by atoms with Crippen LogP contribution in [0.3, 0.4) is 0 Å². The minimum Gasteiger partial charge on any atom is -0.444 e. The zero-order valence-electron chi connectivity index (χ0n) is 18.2. The van der Waals surface area contributed by atoms with Gasteiger partial charge in [-0.1, -0.05) is 48.5 Å². The van der Waals surface area contributed by atoms with Crippen molar-refractivity contribution in [2.24, 2.45) is 0 Å². The maximum absolute atomic E-state index is 13.1. The van der Waals surface area contributed by atoms with Crippen LogP contribution in [-0.4, -0.2) is 31.5 Å². The van der Waals surface area contributed by atoms with E-state index in [1.54, 1.807) is 43.3 Å². The van der Waals surface area contributed by atoms with Crippen LogP contribution in [0.15, 0.2) is 72.8 Å². The summed E-state index contributed by atoms with van der Waals surface area (Å²) in [7, 11) is -3.69. The number of ether oxygens (including phenoxy) is 1. The molecule has 11 heteroatoms. The van der Waals surface area contributed by atoms with Gasteiger partial charge in [-0.05, 0) is 30.7 Å². The van der Waals surface area contributed by atoms with E-state index in [9.17, 15) is 28.1 Å². The molecule has 0 saturated carbocycles. The van der Waals surface area contributed by atoms with Crippen LogP contribution in [0, 0.1) is 17.0 Å². The maximum atomic E-state index is 13.1. The molecule has 0 aliphatic carbocycles. The predicted octanol–water partition coefficient (Wildman–Crippen LogP) is 3.81. The number of nitrogens with one attached hydrogen (secondary N) is 2. The number of hydrogen-bond acceptors (Lipinski definition) is 7. The maximum Gasteiger partial charge on any atom is 0.341 e. The highest BCUT2D eigenvalue weighted by molar-refractivity contribution is 7.92. The smallest absolute Gasteiger partial charge is 0.341 e. The zero-order chi connectivity index (χ0) is 24.9. The van der Waals surface area contributed by atoms with Crippen LogP contribution in [0.2, 0.25) is 0 Å². The van der Waals surface area contributed by atoms with Crippen LogP contribution < -0.4 is 10.0 Å². The summed E-state index contributed by atoms with van der Waals surface area (Å²) in [6.45, 7) is 1.68. The summed E-state index contributed by atoms with van der Waals surface area (Å²) >= 11 is 0. The van der Waals surface area contributed by atoms with E-state index < -0.39 is 32.9 Å². The highest BCUT2D eigenvalue weighted by Crippen LogP contribution is 2.29. The first-order chi connectivity index (χ1) is 16.0. The topological polar surface area (TPSA) is 145 Å². The molecule has 3 aromatic carbocycles. The lowest BCUT2D eigenvalue weighted by atomic mass is 10.1. The third-order valence-corrected chi connectivity index (χ3v) is 5.21. The van der Waals surface area contributed by atoms with Crippen LogP contribution >= 0.6 is 0 Å². The van der Waals surface area contributed by atoms with Gasteiger partial charge in [-0.25, -0.2) is 13.2 Å². The van der Waals surface area contributed by atoms with Crippen molar-refractivity contribution in [3.63, 3.8) is 0 Å². The Bertz CT molecular complexity index is 1340. The van der Waals surface area contributed by atoms with Crippen molar-refractivity contribution < 1.29 is 27.7 Å². The summed E-state index contributed by atoms with van der Waals surface area (Å²) in [5.41, 5.74) is 0.452. The van der Waals surface area contributed by atoms with Gasteiger partial charge in [0.25, 0.3) is 11.6 Å². The van der Waals surface area contributed by atoms with Gasteiger partial charge in [0, 0.05) is 11.6 Å². The zero-order valence-corrected chi connectivity index (χ0v) is 19.0. The van der Waals surface area contributed by atoms with Crippen LogP contribution in [-0.2, 0) is 19.6 Å². The monoisotopic (exact) mass is 483 g/mol. The Labute approximate surface area is 195 Å². The Balaban J connectivity index is 1.94. The van der Waals surface area contributed by atoms with E-state index in [1.807, 2.05) is 0 Å². The number of nitrogens with zero attached hydrogens (tertiary/aromatic N) is 1. The minimum atomic E-state index is -3.69. The molecule has 1 atom stereocenters. The molecule has 34 heavy (non-hydrogen) atoms. The lowest BCUT2D eigenvalue weighted by Crippen LogP contribution is -2.26. The molecule has 3 aromatic rings. The fourth-order valence-corrected chi connectivity index (χ4v) is 3.70. The van der Waals surface area contributed by atoms with E-state index >= 15 is 0 Å². The van der Waals surface area contributed by atoms with Crippen LogP contribution in [0.1, 0.15) is 27.6 Å². The third kappa shape index (κ3) is 6.17. The van der Waals surface area contributed by atoms with Gasteiger partial charge in [0.05, 0.1) is 22.4 Å². The summed E-state index contributed by atoms with van der Waals surface area (Å²) in [5.74, 6) is -1.78. The van der Waals surface area contributed by atoms with Gasteiger partial charge in [-0.15, -0.1) is 0 Å². The highest BCUT2D eigenvalue weighted by Gasteiger charge is 2.29. The van der Waals surface area contributed by atoms with E-state index in [4.69, 9.17) is 4.74 Å². The molecule has 1 amide bonds. The van der Waals surface area contributed by atoms with Gasteiger partial charge in [-0.3, -0.25) is 19.6 Å². The molecule has 0 aromatic heterocycles. The van der Waals surface area contributed by atoms with E-state index in [0.29, 0.717) is 11.1 Å². The number of hydrogen-bond donors (Lipinski definition) is 2. The Morgan fingerprint density at radius 1 is 0.971 bits per heavy atom. The molecule has 0 aliphatic heterocycles. The Hall–Kier alpha value is -4.25. The molecular weight excluding hydrogens is 462 g/mol. The lowest BCUT2D eigenvalue weighted by Gasteiger charge is -2.19. The third-order valence-electron chi connectivity index (χ3n) is 4.62. The average Bonchev–Trinajstić information content (AvgIpc) is 2.78. The molecule has 2 N–H and O–H groups in total. The van der Waals surface area contributed by atoms with E-state index in [-0.39, 0.29) is 22.6 Å². The lowest BCUT2D eigenvalue weighted by molar-refractivity contribution is -0.384. The van der Waals surface area contributed by atoms with Crippen LogP contribution in [0.25, 0.3) is 0 Å². The molecule has 0 fully saturated rings. The molecule has 176 valence electrons. The predicted molar refractivity (Wildman–Crippen MR) is 126 cm³/mol. The first-order valence-corrected chi connectivity index (χ1v) is 11.8.